The van der Waals surface area contributed by atoms with E-state index in [1.165, 1.54) is 42.4 Å². The summed E-state index contributed by atoms with van der Waals surface area (Å²) in [5.74, 6) is -0.867. The molecule has 0 radical (unpaired) electrons. The molecule has 1 N–H and O–H groups in total. The topological polar surface area (TPSA) is 107 Å². The predicted molar refractivity (Wildman–Crippen MR) is 110 cm³/mol. The molecule has 0 bridgehead atoms. The number of aromatic amines is 1. The summed E-state index contributed by atoms with van der Waals surface area (Å²) < 4.78 is 13.3. The zero-order chi connectivity index (χ0) is 21.0. The summed E-state index contributed by atoms with van der Waals surface area (Å²) in [6, 6.07) is 11.0. The van der Waals surface area contributed by atoms with Gasteiger partial charge in [-0.2, -0.15) is 0 Å². The van der Waals surface area contributed by atoms with E-state index >= 15 is 0 Å². The molecule has 2 aromatic rings. The molecule has 3 rings (SSSR count). The van der Waals surface area contributed by atoms with Crippen molar-refractivity contribution < 1.29 is 19.1 Å². The number of benzene rings is 1. The number of hydrogen-bond acceptors (Lipinski definition) is 7. The Labute approximate surface area is 177 Å². The number of carbonyl (C=O) groups is 2. The third-order valence-electron chi connectivity index (χ3n) is 4.18. The van der Waals surface area contributed by atoms with Crippen LogP contribution in [0.4, 0.5) is 0 Å². The molecule has 0 aliphatic carbocycles. The molecule has 1 aliphatic heterocycles. The number of aromatic nitrogens is 2. The average molecular weight is 483 g/mol. The normalized spacial score (nSPS) is 23.5. The number of nitrogens with zero attached hydrogens (tertiary/aromatic N) is 1. The van der Waals surface area contributed by atoms with Crippen LogP contribution in [0.15, 0.2) is 52.2 Å². The number of nitrogens with one attached hydrogen (secondary N) is 1. The van der Waals surface area contributed by atoms with Gasteiger partial charge < -0.3 is 0 Å². The number of hydrogen-bond donors (Lipinski definition) is 1. The van der Waals surface area contributed by atoms with Gasteiger partial charge in [-0.3, -0.25) is 0 Å². The molecule has 1 saturated heterocycles. The third kappa shape index (κ3) is 5.41. The van der Waals surface area contributed by atoms with Crippen LogP contribution >= 0.6 is 11.8 Å². The van der Waals surface area contributed by atoms with E-state index in [4.69, 9.17) is 9.47 Å². The molecular formula is C19H20N2O6SSe. The molecule has 4 atom stereocenters. The van der Waals surface area contributed by atoms with Crippen molar-refractivity contribution in [1.82, 2.24) is 9.55 Å². The SMILES string of the molecule is CC(=O)OC[C@H]1S[C@H](n2ccc(=O)[nH]c2=O)[C@@H]([Se]c2ccccc2)[C@@H]1OC(C)=O. The Kier molecular flexibility index (Phi) is 7.00. The third-order valence-corrected chi connectivity index (χ3v) is 8.94. The van der Waals surface area contributed by atoms with E-state index in [0.29, 0.717) is 0 Å². The number of ether oxygens (including phenoxy) is 2. The monoisotopic (exact) mass is 484 g/mol. The van der Waals surface area contributed by atoms with Crippen LogP contribution in [0.3, 0.4) is 0 Å². The summed E-state index contributed by atoms with van der Waals surface area (Å²) in [6.07, 6.45) is 0.909. The number of rotatable bonds is 6. The van der Waals surface area contributed by atoms with Crippen molar-refractivity contribution in [2.45, 2.75) is 35.4 Å². The zero-order valence-electron chi connectivity index (χ0n) is 15.8. The molecule has 0 amide bonds. The number of esters is 2. The summed E-state index contributed by atoms with van der Waals surface area (Å²) in [5.41, 5.74) is -1.01. The predicted octanol–water partition coefficient (Wildman–Crippen LogP) is 0.464. The van der Waals surface area contributed by atoms with Crippen LogP contribution in [0.1, 0.15) is 19.2 Å². The van der Waals surface area contributed by atoms with Gasteiger partial charge in [0.1, 0.15) is 0 Å². The zero-order valence-corrected chi connectivity index (χ0v) is 18.3. The molecule has 0 unspecified atom stereocenters. The van der Waals surface area contributed by atoms with Crippen molar-refractivity contribution in [3.8, 4) is 0 Å². The van der Waals surface area contributed by atoms with Crippen molar-refractivity contribution >= 4 is 43.1 Å². The van der Waals surface area contributed by atoms with Gasteiger partial charge in [-0.1, -0.05) is 0 Å². The Morgan fingerprint density at radius 1 is 1.14 bits per heavy atom. The molecule has 8 nitrogen and oxygen atoms in total. The van der Waals surface area contributed by atoms with Gasteiger partial charge in [-0.05, 0) is 0 Å². The molecule has 2 heterocycles. The molecule has 1 aromatic heterocycles. The van der Waals surface area contributed by atoms with Gasteiger partial charge in [0.2, 0.25) is 0 Å². The van der Waals surface area contributed by atoms with Crippen LogP contribution in [-0.2, 0) is 19.1 Å². The maximum absolute atomic E-state index is 12.4. The molecule has 29 heavy (non-hydrogen) atoms. The van der Waals surface area contributed by atoms with Crippen LogP contribution in [0.5, 0.6) is 0 Å². The van der Waals surface area contributed by atoms with Gasteiger partial charge in [0.05, 0.1) is 0 Å². The van der Waals surface area contributed by atoms with Crippen molar-refractivity contribution in [3.63, 3.8) is 0 Å². The van der Waals surface area contributed by atoms with E-state index in [2.05, 4.69) is 4.98 Å². The second kappa shape index (κ2) is 9.47. The van der Waals surface area contributed by atoms with E-state index in [9.17, 15) is 19.2 Å². The Bertz CT molecular complexity index is 992. The van der Waals surface area contributed by atoms with Crippen LogP contribution in [0.2, 0.25) is 4.82 Å². The summed E-state index contributed by atoms with van der Waals surface area (Å²) in [6.45, 7) is 2.71. The number of H-pyrrole nitrogens is 1. The first kappa shape index (κ1) is 21.4. The van der Waals surface area contributed by atoms with Crippen LogP contribution in [-0.4, -0.2) is 54.4 Å². The van der Waals surface area contributed by atoms with Crippen LogP contribution in [0.25, 0.3) is 0 Å². The van der Waals surface area contributed by atoms with Gasteiger partial charge in [-0.25, -0.2) is 0 Å². The van der Waals surface area contributed by atoms with Gasteiger partial charge in [0, 0.05) is 0 Å². The standard InChI is InChI=1S/C19H20N2O6SSe/c1-11(22)26-10-14-16(27-12(2)23)17(29-13-6-4-3-5-7-13)18(28-14)21-9-8-15(24)20-19(21)25/h3-9,14,16-18H,10H2,1-2H3,(H,20,24,25)/t14-,16-,17+,18+/m1/s1. The Balaban J connectivity index is 2.00. The maximum atomic E-state index is 12.4. The van der Waals surface area contributed by atoms with E-state index in [0.717, 1.165) is 4.46 Å². The van der Waals surface area contributed by atoms with Crippen molar-refractivity contribution in [1.29, 1.82) is 0 Å². The van der Waals surface area contributed by atoms with Gasteiger partial charge in [0.15, 0.2) is 0 Å². The molecular weight excluding hydrogens is 463 g/mol. The first-order valence-corrected chi connectivity index (χ1v) is 11.6. The molecule has 1 aliphatic rings. The minimum atomic E-state index is -0.541. The van der Waals surface area contributed by atoms with Crippen molar-refractivity contribution in [2.75, 3.05) is 6.61 Å². The van der Waals surface area contributed by atoms with Gasteiger partial charge >= 0.3 is 177 Å². The molecule has 1 fully saturated rings. The van der Waals surface area contributed by atoms with E-state index in [1.54, 1.807) is 0 Å². The first-order chi connectivity index (χ1) is 13.8. The van der Waals surface area contributed by atoms with Crippen LogP contribution in [0, 0.1) is 0 Å². The van der Waals surface area contributed by atoms with Crippen molar-refractivity contribution in [3.05, 3.63) is 63.4 Å². The Morgan fingerprint density at radius 2 is 1.86 bits per heavy atom. The summed E-state index contributed by atoms with van der Waals surface area (Å²) in [7, 11) is 0. The fourth-order valence-electron chi connectivity index (χ4n) is 3.01. The second-order valence-electron chi connectivity index (χ2n) is 6.35. The Hall–Kier alpha value is -2.29. The first-order valence-electron chi connectivity index (χ1n) is 8.84. The number of thioether (sulfide) groups is 1. The van der Waals surface area contributed by atoms with Crippen molar-refractivity contribution in [2.24, 2.45) is 0 Å². The molecule has 1 aromatic carbocycles. The fraction of sp³-hybridized carbons (Fsp3) is 0.368. The molecule has 10 heteroatoms. The summed E-state index contributed by atoms with van der Waals surface area (Å²) in [5, 5.41) is -0.716. The van der Waals surface area contributed by atoms with E-state index in [1.807, 2.05) is 30.3 Å². The molecule has 0 saturated carbocycles. The van der Waals surface area contributed by atoms with Crippen LogP contribution < -0.4 is 15.7 Å². The molecule has 154 valence electrons. The fourth-order valence-corrected chi connectivity index (χ4v) is 8.05. The van der Waals surface area contributed by atoms with E-state index < -0.39 is 29.3 Å². The quantitative estimate of drug-likeness (QED) is 0.470. The molecule has 0 spiro atoms. The second-order valence-corrected chi connectivity index (χ2v) is 10.3. The number of carbonyl (C=O) groups excluding carboxylic acids is 2. The average Bonchev–Trinajstić information content (AvgIpc) is 2.97. The van der Waals surface area contributed by atoms with Gasteiger partial charge in [-0.15, -0.1) is 0 Å². The minimum absolute atomic E-state index is 0.0634. The van der Waals surface area contributed by atoms with E-state index in [-0.39, 0.29) is 37.0 Å². The summed E-state index contributed by atoms with van der Waals surface area (Å²) >= 11 is 1.25. The van der Waals surface area contributed by atoms with Gasteiger partial charge in [0.25, 0.3) is 0 Å². The Morgan fingerprint density at radius 3 is 2.48 bits per heavy atom. The summed E-state index contributed by atoms with van der Waals surface area (Å²) in [4.78, 5) is 49.1.